The number of thioether (sulfide) groups is 2. The van der Waals surface area contributed by atoms with Gasteiger partial charge in [0.05, 0.1) is 38.1 Å². The zero-order valence-corrected chi connectivity index (χ0v) is 14.5. The molecule has 0 amide bonds. The highest BCUT2D eigenvalue weighted by Gasteiger charge is 2.09. The van der Waals surface area contributed by atoms with Gasteiger partial charge in [0, 0.05) is 5.75 Å². The van der Waals surface area contributed by atoms with E-state index >= 15 is 0 Å². The van der Waals surface area contributed by atoms with Gasteiger partial charge in [0.1, 0.15) is 0 Å². The Morgan fingerprint density at radius 2 is 1.80 bits per heavy atom. The minimum Gasteiger partial charge on any atom is -0.391 e. The first-order valence-corrected chi connectivity index (χ1v) is 9.77. The van der Waals surface area contributed by atoms with Crippen molar-refractivity contribution < 1.29 is 19.7 Å². The van der Waals surface area contributed by atoms with E-state index < -0.39 is 12.2 Å². The molecule has 0 saturated heterocycles. The fraction of sp³-hybridized carbons (Fsp3) is 1.00. The predicted octanol–water partition coefficient (Wildman–Crippen LogP) is 2.03. The van der Waals surface area contributed by atoms with Crippen LogP contribution in [-0.2, 0) is 9.47 Å². The molecule has 20 heavy (non-hydrogen) atoms. The smallest absolute Gasteiger partial charge is 0.0863 e. The molecular weight excluding hydrogens is 296 g/mol. The molecule has 0 fully saturated rings. The number of aliphatic hydroxyl groups is 2. The van der Waals surface area contributed by atoms with E-state index in [1.54, 1.807) is 11.8 Å². The highest BCUT2D eigenvalue weighted by Crippen LogP contribution is 2.08. The van der Waals surface area contributed by atoms with Crippen LogP contribution in [-0.4, -0.2) is 71.9 Å². The molecule has 0 aliphatic carbocycles. The van der Waals surface area contributed by atoms with Crippen LogP contribution in [0.4, 0.5) is 0 Å². The van der Waals surface area contributed by atoms with E-state index in [2.05, 4.69) is 6.26 Å². The molecule has 0 spiro atoms. The van der Waals surface area contributed by atoms with Crippen LogP contribution in [0.1, 0.15) is 26.7 Å². The summed E-state index contributed by atoms with van der Waals surface area (Å²) in [5, 5.41) is 19.1. The SMILES string of the molecule is CCC(O)COCC(C)OCC(O)CSCCCSC. The molecule has 0 heterocycles. The minimum absolute atomic E-state index is 0.0600. The molecule has 0 aromatic carbocycles. The van der Waals surface area contributed by atoms with Crippen LogP contribution in [0, 0.1) is 0 Å². The summed E-state index contributed by atoms with van der Waals surface area (Å²) in [6, 6.07) is 0. The molecule has 0 aromatic heterocycles. The third kappa shape index (κ3) is 13.5. The maximum absolute atomic E-state index is 9.77. The quantitative estimate of drug-likeness (QED) is 0.476. The average Bonchev–Trinajstić information content (AvgIpc) is 2.44. The Balaban J connectivity index is 3.41. The highest BCUT2D eigenvalue weighted by atomic mass is 32.2. The summed E-state index contributed by atoms with van der Waals surface area (Å²) in [6.07, 6.45) is 3.11. The van der Waals surface area contributed by atoms with Crippen molar-refractivity contribution in [2.45, 2.75) is 45.0 Å². The minimum atomic E-state index is -0.419. The van der Waals surface area contributed by atoms with Crippen molar-refractivity contribution in [2.24, 2.45) is 0 Å². The van der Waals surface area contributed by atoms with Crippen LogP contribution in [0.5, 0.6) is 0 Å². The van der Waals surface area contributed by atoms with E-state index in [4.69, 9.17) is 9.47 Å². The van der Waals surface area contributed by atoms with E-state index in [1.807, 2.05) is 25.6 Å². The first kappa shape index (κ1) is 20.5. The van der Waals surface area contributed by atoms with Crippen LogP contribution >= 0.6 is 23.5 Å². The Hall–Kier alpha value is 0.540. The van der Waals surface area contributed by atoms with Crippen molar-refractivity contribution in [3.05, 3.63) is 0 Å². The molecule has 0 rings (SSSR count). The van der Waals surface area contributed by atoms with Gasteiger partial charge in [-0.25, -0.2) is 0 Å². The van der Waals surface area contributed by atoms with Crippen molar-refractivity contribution >= 4 is 23.5 Å². The number of hydrogen-bond donors (Lipinski definition) is 2. The summed E-state index contributed by atoms with van der Waals surface area (Å²) < 4.78 is 10.9. The second-order valence-corrected chi connectivity index (χ2v) is 6.95. The molecule has 0 aliphatic rings. The van der Waals surface area contributed by atoms with Crippen LogP contribution in [0.2, 0.25) is 0 Å². The average molecular weight is 327 g/mol. The zero-order chi connectivity index (χ0) is 15.2. The highest BCUT2D eigenvalue weighted by molar-refractivity contribution is 7.99. The van der Waals surface area contributed by atoms with Crippen molar-refractivity contribution in [3.8, 4) is 0 Å². The van der Waals surface area contributed by atoms with Gasteiger partial charge >= 0.3 is 0 Å². The summed E-state index contributed by atoms with van der Waals surface area (Å²) in [5.41, 5.74) is 0. The second-order valence-electron chi connectivity index (χ2n) is 4.82. The van der Waals surface area contributed by atoms with Crippen LogP contribution in [0.25, 0.3) is 0 Å². The van der Waals surface area contributed by atoms with Gasteiger partial charge in [-0.05, 0) is 37.5 Å². The molecule has 4 nitrogen and oxygen atoms in total. The van der Waals surface area contributed by atoms with Crippen LogP contribution < -0.4 is 0 Å². The maximum Gasteiger partial charge on any atom is 0.0863 e. The number of hydrogen-bond acceptors (Lipinski definition) is 6. The van der Waals surface area contributed by atoms with Gasteiger partial charge in [0.25, 0.3) is 0 Å². The molecule has 0 radical (unpaired) electrons. The van der Waals surface area contributed by atoms with E-state index in [0.717, 1.165) is 11.5 Å². The molecule has 0 aliphatic heterocycles. The standard InChI is InChI=1S/C14H30O4S2/c1-4-13(15)9-17-8-12(2)18-10-14(16)11-20-7-5-6-19-3/h12-16H,4-11H2,1-3H3. The van der Waals surface area contributed by atoms with E-state index in [0.29, 0.717) is 26.2 Å². The molecule has 3 unspecified atom stereocenters. The van der Waals surface area contributed by atoms with E-state index in [-0.39, 0.29) is 6.10 Å². The van der Waals surface area contributed by atoms with Gasteiger partial charge in [0.2, 0.25) is 0 Å². The summed E-state index contributed by atoms with van der Waals surface area (Å²) >= 11 is 3.62. The Morgan fingerprint density at radius 3 is 2.45 bits per heavy atom. The lowest BCUT2D eigenvalue weighted by Gasteiger charge is -2.17. The third-order valence-corrected chi connectivity index (χ3v) is 4.55. The fourth-order valence-electron chi connectivity index (χ4n) is 1.38. The Labute approximate surface area is 132 Å². The summed E-state index contributed by atoms with van der Waals surface area (Å²) in [7, 11) is 0. The molecule has 0 bridgehead atoms. The lowest BCUT2D eigenvalue weighted by molar-refractivity contribution is -0.0509. The third-order valence-electron chi connectivity index (χ3n) is 2.65. The molecule has 122 valence electrons. The van der Waals surface area contributed by atoms with Crippen molar-refractivity contribution in [1.82, 2.24) is 0 Å². The normalized spacial score (nSPS) is 16.1. The largest absolute Gasteiger partial charge is 0.391 e. The monoisotopic (exact) mass is 326 g/mol. The van der Waals surface area contributed by atoms with Crippen molar-refractivity contribution in [2.75, 3.05) is 43.3 Å². The van der Waals surface area contributed by atoms with Gasteiger partial charge in [0.15, 0.2) is 0 Å². The van der Waals surface area contributed by atoms with Gasteiger partial charge in [-0.15, -0.1) is 0 Å². The molecule has 6 heteroatoms. The number of rotatable bonds is 14. The zero-order valence-electron chi connectivity index (χ0n) is 12.9. The topological polar surface area (TPSA) is 58.9 Å². The van der Waals surface area contributed by atoms with E-state index in [1.165, 1.54) is 12.2 Å². The molecule has 0 saturated carbocycles. The Kier molecular flexibility index (Phi) is 14.9. The molecule has 3 atom stereocenters. The Morgan fingerprint density at radius 1 is 1.05 bits per heavy atom. The summed E-state index contributed by atoms with van der Waals surface area (Å²) in [4.78, 5) is 0. The summed E-state index contributed by atoms with van der Waals surface area (Å²) in [6.45, 7) is 4.97. The van der Waals surface area contributed by atoms with Crippen LogP contribution in [0.3, 0.4) is 0 Å². The lowest BCUT2D eigenvalue weighted by Crippen LogP contribution is -2.26. The first-order chi connectivity index (χ1) is 9.60. The predicted molar refractivity (Wildman–Crippen MR) is 88.9 cm³/mol. The van der Waals surface area contributed by atoms with Crippen molar-refractivity contribution in [1.29, 1.82) is 0 Å². The van der Waals surface area contributed by atoms with Gasteiger partial charge in [-0.3, -0.25) is 0 Å². The van der Waals surface area contributed by atoms with E-state index in [9.17, 15) is 10.2 Å². The maximum atomic E-state index is 9.77. The molecular formula is C14H30O4S2. The molecule has 2 N–H and O–H groups in total. The van der Waals surface area contributed by atoms with Gasteiger partial charge < -0.3 is 19.7 Å². The first-order valence-electron chi connectivity index (χ1n) is 7.22. The molecule has 0 aromatic rings. The van der Waals surface area contributed by atoms with Crippen molar-refractivity contribution in [3.63, 3.8) is 0 Å². The Bertz CT molecular complexity index is 208. The lowest BCUT2D eigenvalue weighted by atomic mass is 10.3. The second kappa shape index (κ2) is 14.5. The summed E-state index contributed by atoms with van der Waals surface area (Å²) in [5.74, 6) is 2.99. The van der Waals surface area contributed by atoms with Gasteiger partial charge in [-0.2, -0.15) is 23.5 Å². The number of aliphatic hydroxyl groups excluding tert-OH is 2. The van der Waals surface area contributed by atoms with Gasteiger partial charge in [-0.1, -0.05) is 6.92 Å². The van der Waals surface area contributed by atoms with Crippen LogP contribution in [0.15, 0.2) is 0 Å². The fourth-order valence-corrected chi connectivity index (χ4v) is 2.88. The number of ether oxygens (including phenoxy) is 2.